The van der Waals surface area contributed by atoms with Crippen LogP contribution in [0.3, 0.4) is 0 Å². The predicted octanol–water partition coefficient (Wildman–Crippen LogP) is 4.34. The van der Waals surface area contributed by atoms with Crippen LogP contribution in [0.5, 0.6) is 0 Å². The zero-order valence-corrected chi connectivity index (χ0v) is 17.6. The molecule has 2 aromatic carbocycles. The third-order valence-electron chi connectivity index (χ3n) is 5.71. The number of fused-ring (bicyclic) bond motifs is 1. The summed E-state index contributed by atoms with van der Waals surface area (Å²) >= 11 is 0. The Morgan fingerprint density at radius 3 is 2.45 bits per heavy atom. The summed E-state index contributed by atoms with van der Waals surface area (Å²) in [5.41, 5.74) is 3.97. The molecule has 29 heavy (non-hydrogen) atoms. The smallest absolute Gasteiger partial charge is 0.253 e. The van der Waals surface area contributed by atoms with Crippen LogP contribution in [-0.2, 0) is 11.2 Å². The Morgan fingerprint density at radius 1 is 1.07 bits per heavy atom. The summed E-state index contributed by atoms with van der Waals surface area (Å²) in [4.78, 5) is 29.0. The van der Waals surface area contributed by atoms with E-state index in [2.05, 4.69) is 41.4 Å². The summed E-state index contributed by atoms with van der Waals surface area (Å²) in [6.45, 7) is 8.23. The van der Waals surface area contributed by atoms with Crippen LogP contribution in [0.25, 0.3) is 0 Å². The molecule has 0 aromatic heterocycles. The topological polar surface area (TPSA) is 52.7 Å². The first kappa shape index (κ1) is 20.9. The number of benzene rings is 2. The van der Waals surface area contributed by atoms with E-state index < -0.39 is 0 Å². The average molecular weight is 394 g/mol. The molecule has 0 aliphatic carbocycles. The van der Waals surface area contributed by atoms with E-state index in [1.807, 2.05) is 13.8 Å². The van der Waals surface area contributed by atoms with Gasteiger partial charge in [0.05, 0.1) is 0 Å². The summed E-state index contributed by atoms with van der Waals surface area (Å²) in [5, 5.41) is 2.95. The summed E-state index contributed by atoms with van der Waals surface area (Å²) in [7, 11) is 0. The van der Waals surface area contributed by atoms with Gasteiger partial charge in [0.15, 0.2) is 0 Å². The standard InChI is InChI=1S/C24H31N3O2/c1-4-26(5-2)24(29)20-12-14-21(15-13-20)25-23(28)16-17-27-18(3)10-11-19-8-6-7-9-22(19)27/h6-9,12-15,18H,4-5,10-11,16-17H2,1-3H3,(H,25,28). The molecule has 1 aliphatic heterocycles. The van der Waals surface area contributed by atoms with E-state index in [1.54, 1.807) is 29.2 Å². The molecule has 0 radical (unpaired) electrons. The third kappa shape index (κ3) is 4.97. The fourth-order valence-corrected chi connectivity index (χ4v) is 3.94. The minimum absolute atomic E-state index is 0.0110. The minimum Gasteiger partial charge on any atom is -0.368 e. The van der Waals surface area contributed by atoms with Crippen molar-refractivity contribution >= 4 is 23.2 Å². The van der Waals surface area contributed by atoms with Gasteiger partial charge < -0.3 is 15.1 Å². The van der Waals surface area contributed by atoms with Gasteiger partial charge in [-0.3, -0.25) is 9.59 Å². The van der Waals surface area contributed by atoms with Crippen LogP contribution in [0.15, 0.2) is 48.5 Å². The first-order valence-corrected chi connectivity index (χ1v) is 10.6. The second-order valence-electron chi connectivity index (χ2n) is 7.56. The zero-order chi connectivity index (χ0) is 20.8. The molecule has 1 heterocycles. The number of para-hydroxylation sites is 1. The van der Waals surface area contributed by atoms with E-state index >= 15 is 0 Å². The highest BCUT2D eigenvalue weighted by atomic mass is 16.2. The van der Waals surface area contributed by atoms with Crippen molar-refractivity contribution < 1.29 is 9.59 Å². The lowest BCUT2D eigenvalue weighted by molar-refractivity contribution is -0.116. The Morgan fingerprint density at radius 2 is 1.76 bits per heavy atom. The van der Waals surface area contributed by atoms with Crippen molar-refractivity contribution in [1.29, 1.82) is 0 Å². The van der Waals surface area contributed by atoms with Crippen molar-refractivity contribution in [1.82, 2.24) is 4.90 Å². The van der Waals surface area contributed by atoms with E-state index in [9.17, 15) is 9.59 Å². The Balaban J connectivity index is 1.57. The highest BCUT2D eigenvalue weighted by Crippen LogP contribution is 2.30. The predicted molar refractivity (Wildman–Crippen MR) is 119 cm³/mol. The quantitative estimate of drug-likeness (QED) is 0.761. The maximum absolute atomic E-state index is 12.5. The van der Waals surface area contributed by atoms with Crippen LogP contribution in [-0.4, -0.2) is 42.4 Å². The van der Waals surface area contributed by atoms with Crippen LogP contribution < -0.4 is 10.2 Å². The molecular formula is C24H31N3O2. The molecule has 3 rings (SSSR count). The van der Waals surface area contributed by atoms with Gasteiger partial charge in [-0.1, -0.05) is 18.2 Å². The molecule has 1 N–H and O–H groups in total. The number of anilines is 2. The molecule has 0 bridgehead atoms. The Bertz CT molecular complexity index is 843. The van der Waals surface area contributed by atoms with Gasteiger partial charge in [0.1, 0.15) is 0 Å². The molecule has 154 valence electrons. The van der Waals surface area contributed by atoms with E-state index in [0.29, 0.717) is 37.7 Å². The highest BCUT2D eigenvalue weighted by Gasteiger charge is 2.23. The van der Waals surface area contributed by atoms with Crippen LogP contribution in [0.4, 0.5) is 11.4 Å². The van der Waals surface area contributed by atoms with E-state index in [0.717, 1.165) is 18.5 Å². The van der Waals surface area contributed by atoms with Gasteiger partial charge in [0, 0.05) is 49.0 Å². The first-order chi connectivity index (χ1) is 14.0. The Labute approximate surface area is 173 Å². The molecule has 2 aromatic rings. The number of amides is 2. The van der Waals surface area contributed by atoms with Gasteiger partial charge in [-0.15, -0.1) is 0 Å². The zero-order valence-electron chi connectivity index (χ0n) is 17.6. The molecule has 5 nitrogen and oxygen atoms in total. The number of hydrogen-bond acceptors (Lipinski definition) is 3. The van der Waals surface area contributed by atoms with Gasteiger partial charge in [-0.05, 0) is 69.5 Å². The van der Waals surface area contributed by atoms with Crippen molar-refractivity contribution in [2.24, 2.45) is 0 Å². The van der Waals surface area contributed by atoms with Gasteiger partial charge in [-0.25, -0.2) is 0 Å². The third-order valence-corrected chi connectivity index (χ3v) is 5.71. The second kappa shape index (κ2) is 9.59. The van der Waals surface area contributed by atoms with Gasteiger partial charge in [0.2, 0.25) is 5.91 Å². The maximum Gasteiger partial charge on any atom is 0.253 e. The number of nitrogens with one attached hydrogen (secondary N) is 1. The van der Waals surface area contributed by atoms with Crippen molar-refractivity contribution in [2.75, 3.05) is 29.9 Å². The number of carbonyl (C=O) groups excluding carboxylic acids is 2. The number of nitrogens with zero attached hydrogens (tertiary/aromatic N) is 2. The largest absolute Gasteiger partial charge is 0.368 e. The first-order valence-electron chi connectivity index (χ1n) is 10.6. The highest BCUT2D eigenvalue weighted by molar-refractivity contribution is 5.95. The number of aryl methyl sites for hydroxylation is 1. The lowest BCUT2D eigenvalue weighted by Gasteiger charge is -2.37. The summed E-state index contributed by atoms with van der Waals surface area (Å²) in [5.74, 6) is 0.00806. The van der Waals surface area contributed by atoms with Crippen LogP contribution in [0, 0.1) is 0 Å². The molecule has 1 unspecified atom stereocenters. The van der Waals surface area contributed by atoms with E-state index in [4.69, 9.17) is 0 Å². The molecule has 1 aliphatic rings. The molecule has 0 spiro atoms. The monoisotopic (exact) mass is 393 g/mol. The fraction of sp³-hybridized carbons (Fsp3) is 0.417. The molecule has 2 amide bonds. The molecule has 1 atom stereocenters. The van der Waals surface area contributed by atoms with Crippen molar-refractivity contribution in [2.45, 2.75) is 46.1 Å². The van der Waals surface area contributed by atoms with Crippen LogP contribution in [0.2, 0.25) is 0 Å². The van der Waals surface area contributed by atoms with E-state index in [-0.39, 0.29) is 11.8 Å². The minimum atomic E-state index is -0.0110. The summed E-state index contributed by atoms with van der Waals surface area (Å²) in [6.07, 6.45) is 2.64. The Hall–Kier alpha value is -2.82. The maximum atomic E-state index is 12.5. The Kier molecular flexibility index (Phi) is 6.91. The van der Waals surface area contributed by atoms with Crippen LogP contribution in [0.1, 0.15) is 49.5 Å². The average Bonchev–Trinajstić information content (AvgIpc) is 2.74. The number of hydrogen-bond donors (Lipinski definition) is 1. The lowest BCUT2D eigenvalue weighted by Crippen LogP contribution is -2.39. The normalized spacial score (nSPS) is 15.6. The molecule has 5 heteroatoms. The molecule has 0 saturated carbocycles. The van der Waals surface area contributed by atoms with Gasteiger partial charge >= 0.3 is 0 Å². The fourth-order valence-electron chi connectivity index (χ4n) is 3.94. The summed E-state index contributed by atoms with van der Waals surface area (Å²) in [6, 6.07) is 16.0. The number of rotatable bonds is 7. The van der Waals surface area contributed by atoms with Crippen molar-refractivity contribution in [3.63, 3.8) is 0 Å². The summed E-state index contributed by atoms with van der Waals surface area (Å²) < 4.78 is 0. The second-order valence-corrected chi connectivity index (χ2v) is 7.56. The van der Waals surface area contributed by atoms with Gasteiger partial charge in [-0.2, -0.15) is 0 Å². The molecule has 0 fully saturated rings. The molecular weight excluding hydrogens is 362 g/mol. The number of carbonyl (C=O) groups is 2. The van der Waals surface area contributed by atoms with Gasteiger partial charge in [0.25, 0.3) is 5.91 Å². The van der Waals surface area contributed by atoms with Crippen molar-refractivity contribution in [3.05, 3.63) is 59.7 Å². The SMILES string of the molecule is CCN(CC)C(=O)c1ccc(NC(=O)CCN2c3ccccc3CCC2C)cc1. The lowest BCUT2D eigenvalue weighted by atomic mass is 9.96. The molecule has 0 saturated heterocycles. The van der Waals surface area contributed by atoms with Crippen LogP contribution >= 0.6 is 0 Å². The van der Waals surface area contributed by atoms with E-state index in [1.165, 1.54) is 11.3 Å². The van der Waals surface area contributed by atoms with Crippen molar-refractivity contribution in [3.8, 4) is 0 Å².